The number of aromatic amines is 2. The average Bonchev–Trinajstić information content (AvgIpc) is 3.30. The molecular formula is C20H22N6O. The molecule has 0 saturated carbocycles. The van der Waals surface area contributed by atoms with Crippen LogP contribution in [0.1, 0.15) is 31.0 Å². The standard InChI is InChI=1S/C20H22N6O/c1-12(14-3-5-18-15(9-14)11-23-24-18)20-17-10-16(4-6-19(17)25-26-20)22-8-7-21-13(2)27/h3-6,9-12,22H,7-8H2,1-2H3,(H,21,27)(H,23,24)(H,25,26). The predicted octanol–water partition coefficient (Wildman–Crippen LogP) is 3.14. The summed E-state index contributed by atoms with van der Waals surface area (Å²) < 4.78 is 0. The molecule has 1 amide bonds. The second-order valence-electron chi connectivity index (χ2n) is 6.72. The van der Waals surface area contributed by atoms with E-state index in [1.54, 1.807) is 0 Å². The molecule has 1 atom stereocenters. The van der Waals surface area contributed by atoms with Crippen molar-refractivity contribution in [2.45, 2.75) is 19.8 Å². The molecule has 7 heteroatoms. The van der Waals surface area contributed by atoms with Crippen LogP contribution in [0.2, 0.25) is 0 Å². The maximum atomic E-state index is 11.0. The first-order valence-electron chi connectivity index (χ1n) is 9.01. The zero-order chi connectivity index (χ0) is 18.8. The molecule has 2 aromatic heterocycles. The molecule has 4 aromatic rings. The van der Waals surface area contributed by atoms with Gasteiger partial charge in [-0.2, -0.15) is 10.2 Å². The lowest BCUT2D eigenvalue weighted by atomic mass is 9.94. The van der Waals surface area contributed by atoms with Crippen molar-refractivity contribution in [3.8, 4) is 0 Å². The number of H-pyrrole nitrogens is 2. The van der Waals surface area contributed by atoms with E-state index in [1.165, 1.54) is 12.5 Å². The van der Waals surface area contributed by atoms with Crippen LogP contribution < -0.4 is 10.6 Å². The third-order valence-electron chi connectivity index (χ3n) is 4.81. The Kier molecular flexibility index (Phi) is 4.50. The molecule has 138 valence electrons. The third-order valence-corrected chi connectivity index (χ3v) is 4.81. The number of aromatic nitrogens is 4. The molecule has 0 aliphatic heterocycles. The maximum Gasteiger partial charge on any atom is 0.216 e. The SMILES string of the molecule is CC(=O)NCCNc1ccc2n[nH]c(C(C)c3ccc4[nH]ncc4c3)c2c1. The molecule has 0 radical (unpaired) electrons. The van der Waals surface area contributed by atoms with Crippen molar-refractivity contribution >= 4 is 33.4 Å². The van der Waals surface area contributed by atoms with Gasteiger partial charge < -0.3 is 10.6 Å². The van der Waals surface area contributed by atoms with Crippen LogP contribution >= 0.6 is 0 Å². The van der Waals surface area contributed by atoms with Crippen molar-refractivity contribution in [2.75, 3.05) is 18.4 Å². The van der Waals surface area contributed by atoms with E-state index in [0.717, 1.165) is 33.2 Å². The number of fused-ring (bicyclic) bond motifs is 2. The lowest BCUT2D eigenvalue weighted by Crippen LogP contribution is -2.26. The molecular weight excluding hydrogens is 340 g/mol. The van der Waals surface area contributed by atoms with Crippen LogP contribution in [-0.2, 0) is 4.79 Å². The minimum Gasteiger partial charge on any atom is -0.383 e. The van der Waals surface area contributed by atoms with Gasteiger partial charge in [-0.25, -0.2) is 0 Å². The highest BCUT2D eigenvalue weighted by Gasteiger charge is 2.16. The number of anilines is 1. The monoisotopic (exact) mass is 362 g/mol. The number of nitrogens with zero attached hydrogens (tertiary/aromatic N) is 2. The fourth-order valence-corrected chi connectivity index (χ4v) is 3.31. The van der Waals surface area contributed by atoms with Gasteiger partial charge in [-0.1, -0.05) is 13.0 Å². The maximum absolute atomic E-state index is 11.0. The summed E-state index contributed by atoms with van der Waals surface area (Å²) in [7, 11) is 0. The van der Waals surface area contributed by atoms with E-state index in [2.05, 4.69) is 62.2 Å². The van der Waals surface area contributed by atoms with Crippen molar-refractivity contribution in [2.24, 2.45) is 0 Å². The number of rotatable bonds is 6. The lowest BCUT2D eigenvalue weighted by Gasteiger charge is -2.12. The second-order valence-corrected chi connectivity index (χ2v) is 6.72. The fourth-order valence-electron chi connectivity index (χ4n) is 3.31. The average molecular weight is 362 g/mol. The Labute approximate surface area is 156 Å². The van der Waals surface area contributed by atoms with Gasteiger partial charge >= 0.3 is 0 Å². The number of benzene rings is 2. The first kappa shape index (κ1) is 17.1. The number of nitrogens with one attached hydrogen (secondary N) is 4. The van der Waals surface area contributed by atoms with Gasteiger partial charge in [-0.15, -0.1) is 0 Å². The van der Waals surface area contributed by atoms with Gasteiger partial charge in [0.25, 0.3) is 0 Å². The fraction of sp³-hybridized carbons (Fsp3) is 0.250. The number of hydrogen-bond donors (Lipinski definition) is 4. The molecule has 4 N–H and O–H groups in total. The van der Waals surface area contributed by atoms with E-state index in [-0.39, 0.29) is 11.8 Å². The molecule has 0 bridgehead atoms. The smallest absolute Gasteiger partial charge is 0.216 e. The summed E-state index contributed by atoms with van der Waals surface area (Å²) in [5.74, 6) is 0.150. The van der Waals surface area contributed by atoms with Gasteiger partial charge in [0.15, 0.2) is 0 Å². The minimum absolute atomic E-state index is 0.0206. The van der Waals surface area contributed by atoms with E-state index < -0.39 is 0 Å². The molecule has 0 aliphatic rings. The van der Waals surface area contributed by atoms with E-state index in [4.69, 9.17) is 0 Å². The normalized spacial score (nSPS) is 12.4. The van der Waals surface area contributed by atoms with Gasteiger partial charge in [0, 0.05) is 42.4 Å². The lowest BCUT2D eigenvalue weighted by molar-refractivity contribution is -0.118. The van der Waals surface area contributed by atoms with Crippen LogP contribution in [0.4, 0.5) is 5.69 Å². The van der Waals surface area contributed by atoms with Crippen LogP contribution in [0.5, 0.6) is 0 Å². The van der Waals surface area contributed by atoms with Crippen molar-refractivity contribution in [3.05, 3.63) is 53.9 Å². The zero-order valence-corrected chi connectivity index (χ0v) is 15.3. The van der Waals surface area contributed by atoms with E-state index in [1.807, 2.05) is 18.3 Å². The Hall–Kier alpha value is -3.35. The van der Waals surface area contributed by atoms with Crippen LogP contribution in [0.3, 0.4) is 0 Å². The number of carbonyl (C=O) groups is 1. The Morgan fingerprint density at radius 3 is 2.89 bits per heavy atom. The molecule has 1 unspecified atom stereocenters. The highest BCUT2D eigenvalue weighted by molar-refractivity contribution is 5.86. The van der Waals surface area contributed by atoms with Crippen LogP contribution in [0, 0.1) is 0 Å². The van der Waals surface area contributed by atoms with Crippen LogP contribution in [-0.4, -0.2) is 39.4 Å². The molecule has 0 spiro atoms. The van der Waals surface area contributed by atoms with E-state index in [9.17, 15) is 4.79 Å². The van der Waals surface area contributed by atoms with E-state index >= 15 is 0 Å². The number of amides is 1. The van der Waals surface area contributed by atoms with Crippen molar-refractivity contribution in [3.63, 3.8) is 0 Å². The quantitative estimate of drug-likeness (QED) is 0.396. The summed E-state index contributed by atoms with van der Waals surface area (Å²) in [5.41, 5.74) is 5.27. The summed E-state index contributed by atoms with van der Waals surface area (Å²) in [6, 6.07) is 12.4. The van der Waals surface area contributed by atoms with Crippen molar-refractivity contribution in [1.82, 2.24) is 25.7 Å². The molecule has 0 aliphatic carbocycles. The molecule has 2 heterocycles. The summed E-state index contributed by atoms with van der Waals surface area (Å²) in [6.45, 7) is 4.95. The Bertz CT molecular complexity index is 1100. The summed E-state index contributed by atoms with van der Waals surface area (Å²) in [5, 5.41) is 23.1. The van der Waals surface area contributed by atoms with Gasteiger partial charge in [-0.3, -0.25) is 15.0 Å². The zero-order valence-electron chi connectivity index (χ0n) is 15.3. The second kappa shape index (κ2) is 7.11. The van der Waals surface area contributed by atoms with Crippen molar-refractivity contribution in [1.29, 1.82) is 0 Å². The van der Waals surface area contributed by atoms with Crippen LogP contribution in [0.15, 0.2) is 42.6 Å². The number of hydrogen-bond acceptors (Lipinski definition) is 4. The topological polar surface area (TPSA) is 98.5 Å². The summed E-state index contributed by atoms with van der Waals surface area (Å²) in [6.07, 6.45) is 1.84. The van der Waals surface area contributed by atoms with Gasteiger partial charge in [0.05, 0.1) is 22.9 Å². The third kappa shape index (κ3) is 3.48. The molecule has 0 fully saturated rings. The number of carbonyl (C=O) groups excluding carboxylic acids is 1. The summed E-state index contributed by atoms with van der Waals surface area (Å²) in [4.78, 5) is 11.0. The van der Waals surface area contributed by atoms with Gasteiger partial charge in [0.1, 0.15) is 0 Å². The first-order chi connectivity index (χ1) is 13.1. The Morgan fingerprint density at radius 2 is 2.04 bits per heavy atom. The Balaban J connectivity index is 1.58. The molecule has 7 nitrogen and oxygen atoms in total. The Morgan fingerprint density at radius 1 is 1.15 bits per heavy atom. The van der Waals surface area contributed by atoms with Gasteiger partial charge in [-0.05, 0) is 35.9 Å². The largest absolute Gasteiger partial charge is 0.383 e. The highest BCUT2D eigenvalue weighted by atomic mass is 16.1. The van der Waals surface area contributed by atoms with Crippen LogP contribution in [0.25, 0.3) is 21.8 Å². The molecule has 4 rings (SSSR count). The van der Waals surface area contributed by atoms with Gasteiger partial charge in [0.2, 0.25) is 5.91 Å². The highest BCUT2D eigenvalue weighted by Crippen LogP contribution is 2.31. The minimum atomic E-state index is -0.0206. The molecule has 2 aromatic carbocycles. The molecule has 27 heavy (non-hydrogen) atoms. The van der Waals surface area contributed by atoms with Crippen molar-refractivity contribution < 1.29 is 4.79 Å². The van der Waals surface area contributed by atoms with E-state index in [0.29, 0.717) is 13.1 Å². The predicted molar refractivity (Wildman–Crippen MR) is 107 cm³/mol. The summed E-state index contributed by atoms with van der Waals surface area (Å²) >= 11 is 0. The molecule has 0 saturated heterocycles. The first-order valence-corrected chi connectivity index (χ1v) is 9.01.